The zero-order chi connectivity index (χ0) is 16.0. The minimum atomic E-state index is -0.692. The summed E-state index contributed by atoms with van der Waals surface area (Å²) in [5.41, 5.74) is 0.419. The Labute approximate surface area is 130 Å². The van der Waals surface area contributed by atoms with Gasteiger partial charge in [0.15, 0.2) is 0 Å². The maximum atomic E-state index is 14.2. The van der Waals surface area contributed by atoms with Gasteiger partial charge in [0.05, 0.1) is 17.7 Å². The molecule has 0 bridgehead atoms. The molecule has 116 valence electrons. The third-order valence-electron chi connectivity index (χ3n) is 4.47. The van der Waals surface area contributed by atoms with Crippen molar-refractivity contribution in [2.45, 2.75) is 45.4 Å². The van der Waals surface area contributed by atoms with Crippen molar-refractivity contribution in [3.63, 3.8) is 0 Å². The molecule has 1 aliphatic heterocycles. The second-order valence-corrected chi connectivity index (χ2v) is 6.65. The predicted octanol–water partition coefficient (Wildman–Crippen LogP) is 2.37. The van der Waals surface area contributed by atoms with E-state index >= 15 is 0 Å². The van der Waals surface area contributed by atoms with Crippen LogP contribution in [-0.2, 0) is 15.9 Å². The van der Waals surface area contributed by atoms with Gasteiger partial charge in [-0.15, -0.1) is 0 Å². The average Bonchev–Trinajstić information content (AvgIpc) is 2.99. The number of hydrogen-bond donors (Lipinski definition) is 0. The number of hydrogen-bond acceptors (Lipinski definition) is 3. The molecule has 0 amide bonds. The van der Waals surface area contributed by atoms with Crippen molar-refractivity contribution in [2.24, 2.45) is 0 Å². The van der Waals surface area contributed by atoms with Gasteiger partial charge in [-0.2, -0.15) is 5.10 Å². The topological polar surface area (TPSA) is 36.3 Å². The molecule has 2 aromatic rings. The largest absolute Gasteiger partial charge is 0.497 e. The zero-order valence-corrected chi connectivity index (χ0v) is 13.3. The fourth-order valence-electron chi connectivity index (χ4n) is 2.42. The molecule has 1 fully saturated rings. The third kappa shape index (κ3) is 2.68. The lowest BCUT2D eigenvalue weighted by Gasteiger charge is -2.32. The van der Waals surface area contributed by atoms with E-state index in [0.717, 1.165) is 5.56 Å². The lowest BCUT2D eigenvalue weighted by molar-refractivity contribution is 0.00578. The molecule has 6 heteroatoms. The van der Waals surface area contributed by atoms with Gasteiger partial charge in [-0.05, 0) is 45.4 Å². The summed E-state index contributed by atoms with van der Waals surface area (Å²) in [4.78, 5) is 0. The maximum absolute atomic E-state index is 14.2. The van der Waals surface area contributed by atoms with Crippen LogP contribution in [0.2, 0.25) is 0 Å². The quantitative estimate of drug-likeness (QED) is 0.817. The summed E-state index contributed by atoms with van der Waals surface area (Å²) < 4.78 is 27.9. The third-order valence-corrected chi connectivity index (χ3v) is 4.47. The Kier molecular flexibility index (Phi) is 3.61. The lowest BCUT2D eigenvalue weighted by Crippen LogP contribution is -2.41. The van der Waals surface area contributed by atoms with Crippen LogP contribution in [0.1, 0.15) is 33.3 Å². The van der Waals surface area contributed by atoms with Gasteiger partial charge in [-0.3, -0.25) is 4.68 Å². The van der Waals surface area contributed by atoms with Crippen molar-refractivity contribution in [1.82, 2.24) is 9.78 Å². The van der Waals surface area contributed by atoms with E-state index in [9.17, 15) is 4.39 Å². The highest BCUT2D eigenvalue weighted by Crippen LogP contribution is 2.36. The van der Waals surface area contributed by atoms with Gasteiger partial charge in [0.2, 0.25) is 0 Å². The Bertz CT molecular complexity index is 655. The SMILES string of the molecule is CC1(C)OB(c2cc(Cn3cccn3)ccc2F)OC1(C)C. The standard InChI is InChI=1S/C16H20BFN2O2/c1-15(2)16(3,4)22-17(21-15)13-10-12(6-7-14(13)18)11-20-9-5-8-19-20/h5-10H,11H2,1-4H3. The molecular formula is C16H20BFN2O2. The van der Waals surface area contributed by atoms with Gasteiger partial charge < -0.3 is 9.31 Å². The molecule has 1 aromatic heterocycles. The molecule has 0 N–H and O–H groups in total. The minimum absolute atomic E-state index is 0.317. The average molecular weight is 302 g/mol. The molecule has 0 radical (unpaired) electrons. The monoisotopic (exact) mass is 302 g/mol. The van der Waals surface area contributed by atoms with Crippen LogP contribution in [0.4, 0.5) is 4.39 Å². The van der Waals surface area contributed by atoms with E-state index in [0.29, 0.717) is 12.0 Å². The molecule has 1 saturated heterocycles. The normalized spacial score (nSPS) is 19.6. The van der Waals surface area contributed by atoms with E-state index in [2.05, 4.69) is 5.10 Å². The van der Waals surface area contributed by atoms with E-state index in [1.165, 1.54) is 6.07 Å². The molecule has 0 unspecified atom stereocenters. The number of benzene rings is 1. The summed E-state index contributed by atoms with van der Waals surface area (Å²) in [5, 5.41) is 4.17. The first-order chi connectivity index (χ1) is 10.3. The zero-order valence-electron chi connectivity index (χ0n) is 13.3. The first-order valence-electron chi connectivity index (χ1n) is 7.40. The van der Waals surface area contributed by atoms with Crippen LogP contribution in [0, 0.1) is 5.82 Å². The van der Waals surface area contributed by atoms with Gasteiger partial charge in [-0.1, -0.05) is 12.1 Å². The Morgan fingerprint density at radius 3 is 2.45 bits per heavy atom. The van der Waals surface area contributed by atoms with Crippen LogP contribution in [0.3, 0.4) is 0 Å². The number of nitrogens with zero attached hydrogens (tertiary/aromatic N) is 2. The van der Waals surface area contributed by atoms with Gasteiger partial charge in [0.1, 0.15) is 5.82 Å². The van der Waals surface area contributed by atoms with Crippen molar-refractivity contribution >= 4 is 12.6 Å². The lowest BCUT2D eigenvalue weighted by atomic mass is 9.78. The second-order valence-electron chi connectivity index (χ2n) is 6.65. The number of rotatable bonds is 3. The van der Waals surface area contributed by atoms with E-state index in [-0.39, 0.29) is 5.82 Å². The smallest absolute Gasteiger partial charge is 0.399 e. The predicted molar refractivity (Wildman–Crippen MR) is 83.4 cm³/mol. The summed E-state index contributed by atoms with van der Waals surface area (Å²) in [5.74, 6) is -0.317. The van der Waals surface area contributed by atoms with E-state index in [1.54, 1.807) is 23.0 Å². The van der Waals surface area contributed by atoms with Crippen molar-refractivity contribution in [3.8, 4) is 0 Å². The van der Waals surface area contributed by atoms with Crippen LogP contribution < -0.4 is 5.46 Å². The fourth-order valence-corrected chi connectivity index (χ4v) is 2.42. The number of aromatic nitrogens is 2. The summed E-state index contributed by atoms with van der Waals surface area (Å²) >= 11 is 0. The minimum Gasteiger partial charge on any atom is -0.399 e. The van der Waals surface area contributed by atoms with Gasteiger partial charge >= 0.3 is 7.12 Å². The molecule has 0 aliphatic carbocycles. The fraction of sp³-hybridized carbons (Fsp3) is 0.438. The van der Waals surface area contributed by atoms with E-state index < -0.39 is 18.3 Å². The first kappa shape index (κ1) is 15.2. The highest BCUT2D eigenvalue weighted by molar-refractivity contribution is 6.62. The Morgan fingerprint density at radius 2 is 1.86 bits per heavy atom. The summed E-state index contributed by atoms with van der Waals surface area (Å²) in [6.07, 6.45) is 3.59. The van der Waals surface area contributed by atoms with Gasteiger partial charge in [0.25, 0.3) is 0 Å². The van der Waals surface area contributed by atoms with Crippen molar-refractivity contribution in [3.05, 3.63) is 48.0 Å². The van der Waals surface area contributed by atoms with Gasteiger partial charge in [-0.25, -0.2) is 4.39 Å². The van der Waals surface area contributed by atoms with Crippen molar-refractivity contribution in [1.29, 1.82) is 0 Å². The molecule has 3 rings (SSSR count). The Hall–Kier alpha value is -1.66. The highest BCUT2D eigenvalue weighted by Gasteiger charge is 2.52. The summed E-state index contributed by atoms with van der Waals surface area (Å²) in [6.45, 7) is 8.41. The molecule has 0 saturated carbocycles. The van der Waals surface area contributed by atoms with Crippen LogP contribution in [0.15, 0.2) is 36.7 Å². The molecular weight excluding hydrogens is 282 g/mol. The Morgan fingerprint density at radius 1 is 1.18 bits per heavy atom. The van der Waals surface area contributed by atoms with E-state index in [4.69, 9.17) is 9.31 Å². The van der Waals surface area contributed by atoms with Crippen LogP contribution >= 0.6 is 0 Å². The van der Waals surface area contributed by atoms with Crippen molar-refractivity contribution < 1.29 is 13.7 Å². The molecule has 1 aromatic carbocycles. The van der Waals surface area contributed by atoms with E-state index in [1.807, 2.05) is 40.0 Å². The molecule has 22 heavy (non-hydrogen) atoms. The molecule has 0 spiro atoms. The van der Waals surface area contributed by atoms with Crippen molar-refractivity contribution in [2.75, 3.05) is 0 Å². The first-order valence-corrected chi connectivity index (χ1v) is 7.40. The Balaban J connectivity index is 1.88. The van der Waals surface area contributed by atoms with Crippen LogP contribution in [-0.4, -0.2) is 28.1 Å². The van der Waals surface area contributed by atoms with Crippen LogP contribution in [0.5, 0.6) is 0 Å². The molecule has 4 nitrogen and oxygen atoms in total. The highest BCUT2D eigenvalue weighted by atomic mass is 19.1. The molecule has 0 atom stereocenters. The molecule has 1 aliphatic rings. The summed E-state index contributed by atoms with van der Waals surface area (Å²) in [7, 11) is -0.692. The van der Waals surface area contributed by atoms with Gasteiger partial charge in [0, 0.05) is 17.9 Å². The van der Waals surface area contributed by atoms with Crippen LogP contribution in [0.25, 0.3) is 0 Å². The maximum Gasteiger partial charge on any atom is 0.497 e. The molecule has 2 heterocycles. The second kappa shape index (κ2) is 5.21. The summed E-state index contributed by atoms with van der Waals surface area (Å²) in [6, 6.07) is 6.86. The number of halogens is 1.